The minimum Gasteiger partial charge on any atom is -0.508 e. The Morgan fingerprint density at radius 1 is 1.27 bits per heavy atom. The Morgan fingerprint density at radius 3 is 2.53 bits per heavy atom. The van der Waals surface area contributed by atoms with Crippen molar-refractivity contribution >= 4 is 0 Å². The van der Waals surface area contributed by atoms with Gasteiger partial charge >= 0.3 is 0 Å². The van der Waals surface area contributed by atoms with E-state index >= 15 is 0 Å². The summed E-state index contributed by atoms with van der Waals surface area (Å²) < 4.78 is 3.26. The highest BCUT2D eigenvalue weighted by atomic mass is 16.3. The van der Waals surface area contributed by atoms with Crippen LogP contribution in [-0.4, -0.2) is 14.5 Å². The van der Waals surface area contributed by atoms with Crippen molar-refractivity contribution in [3.8, 4) is 11.4 Å². The molecule has 0 aliphatic heterocycles. The first-order valence-corrected chi connectivity index (χ1v) is 4.64. The summed E-state index contributed by atoms with van der Waals surface area (Å²) >= 11 is 0. The lowest BCUT2D eigenvalue weighted by atomic mass is 10.3. The third kappa shape index (κ3) is 1.54. The van der Waals surface area contributed by atoms with E-state index in [2.05, 4.69) is 0 Å². The van der Waals surface area contributed by atoms with Crippen LogP contribution in [0.4, 0.5) is 0 Å². The summed E-state index contributed by atoms with van der Waals surface area (Å²) in [5, 5.41) is 9.34. The molecular formula is C11H12N2O2. The molecule has 0 amide bonds. The summed E-state index contributed by atoms with van der Waals surface area (Å²) in [6.07, 6.45) is 0. The van der Waals surface area contributed by atoms with Crippen LogP contribution in [-0.2, 0) is 7.05 Å². The highest BCUT2D eigenvalue weighted by molar-refractivity contribution is 5.38. The number of phenolic OH excluding ortho intramolecular Hbond substituents is 1. The fourth-order valence-corrected chi connectivity index (χ4v) is 1.56. The standard InChI is InChI=1S/C11H12N2O2/c1-8-6-11(15)13(12(8)2)9-4-3-5-10(14)7-9/h3-7,14H,1-2H3. The first kappa shape index (κ1) is 9.58. The molecule has 0 saturated heterocycles. The second-order valence-electron chi connectivity index (χ2n) is 3.48. The monoisotopic (exact) mass is 204 g/mol. The van der Waals surface area contributed by atoms with E-state index in [-0.39, 0.29) is 11.3 Å². The molecule has 2 aromatic rings. The Bertz CT molecular complexity index is 552. The average molecular weight is 204 g/mol. The SMILES string of the molecule is Cc1cc(=O)n(-c2cccc(O)c2)n1C. The summed E-state index contributed by atoms with van der Waals surface area (Å²) in [7, 11) is 1.81. The third-order valence-electron chi connectivity index (χ3n) is 2.43. The van der Waals surface area contributed by atoms with Gasteiger partial charge in [0, 0.05) is 24.9 Å². The van der Waals surface area contributed by atoms with Gasteiger partial charge in [0.05, 0.1) is 5.69 Å². The van der Waals surface area contributed by atoms with E-state index in [1.165, 1.54) is 4.68 Å². The molecule has 0 unspecified atom stereocenters. The van der Waals surface area contributed by atoms with Crippen molar-refractivity contribution in [3.63, 3.8) is 0 Å². The molecule has 0 spiro atoms. The topological polar surface area (TPSA) is 47.2 Å². The van der Waals surface area contributed by atoms with Crippen molar-refractivity contribution < 1.29 is 5.11 Å². The van der Waals surface area contributed by atoms with Gasteiger partial charge in [-0.3, -0.25) is 9.48 Å². The second kappa shape index (κ2) is 3.31. The molecule has 0 radical (unpaired) electrons. The molecule has 1 aromatic heterocycles. The fourth-order valence-electron chi connectivity index (χ4n) is 1.56. The lowest BCUT2D eigenvalue weighted by molar-refractivity contribution is 0.474. The highest BCUT2D eigenvalue weighted by Gasteiger charge is 2.06. The van der Waals surface area contributed by atoms with Gasteiger partial charge in [-0.2, -0.15) is 0 Å². The van der Waals surface area contributed by atoms with E-state index < -0.39 is 0 Å². The Balaban J connectivity index is 2.69. The number of nitrogens with zero attached hydrogens (tertiary/aromatic N) is 2. The molecule has 1 aromatic carbocycles. The molecular weight excluding hydrogens is 192 g/mol. The number of hydrogen-bond donors (Lipinski definition) is 1. The summed E-state index contributed by atoms with van der Waals surface area (Å²) in [4.78, 5) is 11.6. The van der Waals surface area contributed by atoms with Gasteiger partial charge in [0.25, 0.3) is 5.56 Å². The normalized spacial score (nSPS) is 10.5. The Morgan fingerprint density at radius 2 is 2.00 bits per heavy atom. The fraction of sp³-hybridized carbons (Fsp3) is 0.182. The zero-order valence-electron chi connectivity index (χ0n) is 8.64. The summed E-state index contributed by atoms with van der Waals surface area (Å²) in [5.41, 5.74) is 1.44. The van der Waals surface area contributed by atoms with Crippen LogP contribution >= 0.6 is 0 Å². The predicted molar refractivity (Wildman–Crippen MR) is 57.4 cm³/mol. The van der Waals surface area contributed by atoms with E-state index in [1.54, 1.807) is 42.1 Å². The minimum absolute atomic E-state index is 0.0967. The Labute approximate surface area is 87.0 Å². The Kier molecular flexibility index (Phi) is 2.11. The molecule has 0 aliphatic rings. The van der Waals surface area contributed by atoms with Crippen LogP contribution in [0.15, 0.2) is 35.1 Å². The highest BCUT2D eigenvalue weighted by Crippen LogP contribution is 2.13. The van der Waals surface area contributed by atoms with Crippen LogP contribution < -0.4 is 5.56 Å². The van der Waals surface area contributed by atoms with Crippen LogP contribution in [0, 0.1) is 6.92 Å². The molecule has 4 nitrogen and oxygen atoms in total. The van der Waals surface area contributed by atoms with Crippen LogP contribution in [0.3, 0.4) is 0 Å². The molecule has 0 saturated carbocycles. The maximum absolute atomic E-state index is 11.6. The first-order chi connectivity index (χ1) is 7.09. The maximum atomic E-state index is 11.6. The maximum Gasteiger partial charge on any atom is 0.271 e. The van der Waals surface area contributed by atoms with Crippen molar-refractivity contribution in [3.05, 3.63) is 46.4 Å². The first-order valence-electron chi connectivity index (χ1n) is 4.64. The average Bonchev–Trinajstić information content (AvgIpc) is 2.41. The van der Waals surface area contributed by atoms with Gasteiger partial charge in [-0.25, -0.2) is 4.68 Å². The zero-order chi connectivity index (χ0) is 11.0. The number of aryl methyl sites for hydroxylation is 1. The number of benzene rings is 1. The summed E-state index contributed by atoms with van der Waals surface area (Å²) in [6.45, 7) is 1.86. The quantitative estimate of drug-likeness (QED) is 0.758. The van der Waals surface area contributed by atoms with Gasteiger partial charge in [0.15, 0.2) is 0 Å². The van der Waals surface area contributed by atoms with Crippen molar-refractivity contribution in [1.29, 1.82) is 0 Å². The molecule has 1 N–H and O–H groups in total. The van der Waals surface area contributed by atoms with Crippen molar-refractivity contribution in [2.24, 2.45) is 7.05 Å². The van der Waals surface area contributed by atoms with Crippen molar-refractivity contribution in [2.75, 3.05) is 0 Å². The van der Waals surface area contributed by atoms with Crippen LogP contribution in [0.25, 0.3) is 5.69 Å². The smallest absolute Gasteiger partial charge is 0.271 e. The minimum atomic E-state index is -0.0967. The number of aromatic hydroxyl groups is 1. The third-order valence-corrected chi connectivity index (χ3v) is 2.43. The number of rotatable bonds is 1. The summed E-state index contributed by atoms with van der Waals surface area (Å²) in [6, 6.07) is 8.18. The molecule has 2 rings (SSSR count). The second-order valence-corrected chi connectivity index (χ2v) is 3.48. The van der Waals surface area contributed by atoms with E-state index in [0.717, 1.165) is 5.69 Å². The van der Waals surface area contributed by atoms with E-state index in [9.17, 15) is 9.90 Å². The molecule has 0 aliphatic carbocycles. The van der Waals surface area contributed by atoms with Gasteiger partial charge < -0.3 is 5.11 Å². The van der Waals surface area contributed by atoms with E-state index in [1.807, 2.05) is 6.92 Å². The lowest BCUT2D eigenvalue weighted by Crippen LogP contribution is -2.18. The molecule has 0 atom stereocenters. The Hall–Kier alpha value is -1.97. The van der Waals surface area contributed by atoms with Gasteiger partial charge in [-0.15, -0.1) is 0 Å². The molecule has 78 valence electrons. The molecule has 0 bridgehead atoms. The molecule has 15 heavy (non-hydrogen) atoms. The van der Waals surface area contributed by atoms with Crippen LogP contribution in [0.2, 0.25) is 0 Å². The van der Waals surface area contributed by atoms with Gasteiger partial charge in [0.2, 0.25) is 0 Å². The lowest BCUT2D eigenvalue weighted by Gasteiger charge is -2.08. The largest absolute Gasteiger partial charge is 0.508 e. The van der Waals surface area contributed by atoms with E-state index in [4.69, 9.17) is 0 Å². The van der Waals surface area contributed by atoms with Crippen LogP contribution in [0.5, 0.6) is 5.75 Å². The van der Waals surface area contributed by atoms with Crippen molar-refractivity contribution in [1.82, 2.24) is 9.36 Å². The molecule has 4 heteroatoms. The van der Waals surface area contributed by atoms with Gasteiger partial charge in [-0.1, -0.05) is 6.07 Å². The summed E-state index contributed by atoms with van der Waals surface area (Å²) in [5.74, 6) is 0.151. The number of phenols is 1. The van der Waals surface area contributed by atoms with Gasteiger partial charge in [0.1, 0.15) is 5.75 Å². The number of aromatic nitrogens is 2. The zero-order valence-corrected chi connectivity index (χ0v) is 8.64. The van der Waals surface area contributed by atoms with Gasteiger partial charge in [-0.05, 0) is 19.1 Å². The van der Waals surface area contributed by atoms with Crippen molar-refractivity contribution in [2.45, 2.75) is 6.92 Å². The number of hydrogen-bond acceptors (Lipinski definition) is 2. The molecule has 1 heterocycles. The predicted octanol–water partition coefficient (Wildman–Crippen LogP) is 1.19. The molecule has 0 fully saturated rings. The van der Waals surface area contributed by atoms with Crippen LogP contribution in [0.1, 0.15) is 5.69 Å². The van der Waals surface area contributed by atoms with E-state index in [0.29, 0.717) is 5.69 Å².